The Bertz CT molecular complexity index is 651. The summed E-state index contributed by atoms with van der Waals surface area (Å²) in [4.78, 5) is 0. The molecule has 1 fully saturated rings. The standard InChI is InChI=1S/C17H19NO.C6H18OSi2/c19-17(16-12-7-13-18-16,14-8-3-1-4-9-14)15-10-5-2-6-11-15;1-8(2,3)7-9(4,5)6/h1-6,8-11,16,18-19H,7,12-13H2;1-6H3/t16-;/m0./s1. The molecule has 0 unspecified atom stereocenters. The lowest BCUT2D eigenvalue weighted by Gasteiger charge is -2.35. The first-order chi connectivity index (χ1) is 13.0. The van der Waals surface area contributed by atoms with E-state index in [0.717, 1.165) is 30.5 Å². The molecule has 1 saturated heterocycles. The average Bonchev–Trinajstić information content (AvgIpc) is 3.15. The second-order valence-corrected chi connectivity index (χ2v) is 18.7. The van der Waals surface area contributed by atoms with Crippen LogP contribution in [0.4, 0.5) is 0 Å². The molecule has 0 spiro atoms. The van der Waals surface area contributed by atoms with Gasteiger partial charge in [-0.05, 0) is 69.8 Å². The second kappa shape index (κ2) is 9.50. The zero-order valence-corrected chi connectivity index (χ0v) is 20.3. The Morgan fingerprint density at radius 1 is 0.821 bits per heavy atom. The molecule has 0 aliphatic carbocycles. The largest absolute Gasteiger partial charge is 0.456 e. The molecule has 1 atom stereocenters. The van der Waals surface area contributed by atoms with Gasteiger partial charge < -0.3 is 14.5 Å². The van der Waals surface area contributed by atoms with Gasteiger partial charge in [-0.2, -0.15) is 0 Å². The molecule has 0 amide bonds. The van der Waals surface area contributed by atoms with Crippen LogP contribution in [0.5, 0.6) is 0 Å². The molecular formula is C23H37NO2Si2. The van der Waals surface area contributed by atoms with E-state index in [-0.39, 0.29) is 6.04 Å². The summed E-state index contributed by atoms with van der Waals surface area (Å²) in [6.07, 6.45) is 2.12. The molecule has 0 aromatic heterocycles. The molecule has 3 nitrogen and oxygen atoms in total. The number of benzene rings is 2. The molecule has 154 valence electrons. The van der Waals surface area contributed by atoms with Crippen LogP contribution in [0.3, 0.4) is 0 Å². The fraction of sp³-hybridized carbons (Fsp3) is 0.478. The molecule has 1 heterocycles. The highest BCUT2D eigenvalue weighted by Gasteiger charge is 2.41. The number of hydrogen-bond donors (Lipinski definition) is 2. The van der Waals surface area contributed by atoms with Gasteiger partial charge in [0.05, 0.1) is 0 Å². The number of rotatable bonds is 5. The van der Waals surface area contributed by atoms with Crippen molar-refractivity contribution in [1.82, 2.24) is 5.32 Å². The summed E-state index contributed by atoms with van der Waals surface area (Å²) in [5, 5.41) is 14.8. The molecular weight excluding hydrogens is 378 g/mol. The Kier molecular flexibility index (Phi) is 7.82. The number of aliphatic hydroxyl groups is 1. The first-order valence-corrected chi connectivity index (χ1v) is 17.1. The van der Waals surface area contributed by atoms with Crippen molar-refractivity contribution in [1.29, 1.82) is 0 Å². The van der Waals surface area contributed by atoms with Crippen LogP contribution >= 0.6 is 0 Å². The molecule has 1 aliphatic heterocycles. The van der Waals surface area contributed by atoms with E-state index in [1.54, 1.807) is 0 Å². The maximum atomic E-state index is 11.4. The van der Waals surface area contributed by atoms with Gasteiger partial charge in [0.25, 0.3) is 0 Å². The zero-order chi connectivity index (χ0) is 20.8. The van der Waals surface area contributed by atoms with Gasteiger partial charge in [-0.1, -0.05) is 60.7 Å². The fourth-order valence-corrected chi connectivity index (χ4v) is 11.3. The smallest absolute Gasteiger partial charge is 0.170 e. The molecule has 0 saturated carbocycles. The van der Waals surface area contributed by atoms with E-state index in [1.165, 1.54) is 0 Å². The third-order valence-electron chi connectivity index (χ3n) is 4.60. The van der Waals surface area contributed by atoms with E-state index in [0.29, 0.717) is 0 Å². The SMILES string of the molecule is C[Si](C)(C)O[Si](C)(C)C.OC(c1ccccc1)(c1ccccc1)[C@@H]1CCCN1. The minimum absolute atomic E-state index is 0.0808. The van der Waals surface area contributed by atoms with Crippen molar-refractivity contribution >= 4 is 16.6 Å². The van der Waals surface area contributed by atoms with Crippen molar-refractivity contribution < 1.29 is 9.22 Å². The summed E-state index contributed by atoms with van der Waals surface area (Å²) in [5.74, 6) is 0. The third kappa shape index (κ3) is 6.67. The van der Waals surface area contributed by atoms with Crippen LogP contribution in [0, 0.1) is 0 Å². The van der Waals surface area contributed by atoms with Crippen LogP contribution in [-0.4, -0.2) is 34.3 Å². The summed E-state index contributed by atoms with van der Waals surface area (Å²) in [6.45, 7) is 14.4. The quantitative estimate of drug-likeness (QED) is 0.647. The average molecular weight is 416 g/mol. The molecule has 28 heavy (non-hydrogen) atoms. The van der Waals surface area contributed by atoms with Gasteiger partial charge in [-0.25, -0.2) is 0 Å². The van der Waals surface area contributed by atoms with Crippen LogP contribution in [0.1, 0.15) is 24.0 Å². The van der Waals surface area contributed by atoms with E-state index in [9.17, 15) is 5.11 Å². The lowest BCUT2D eigenvalue weighted by atomic mass is 9.79. The van der Waals surface area contributed by atoms with Gasteiger partial charge in [-0.15, -0.1) is 0 Å². The van der Waals surface area contributed by atoms with Crippen LogP contribution in [-0.2, 0) is 9.72 Å². The van der Waals surface area contributed by atoms with Gasteiger partial charge in [0.2, 0.25) is 0 Å². The topological polar surface area (TPSA) is 41.5 Å². The van der Waals surface area contributed by atoms with E-state index in [1.807, 2.05) is 60.7 Å². The van der Waals surface area contributed by atoms with Crippen molar-refractivity contribution in [3.8, 4) is 0 Å². The molecule has 1 aliphatic rings. The lowest BCUT2D eigenvalue weighted by molar-refractivity contribution is 0.0442. The van der Waals surface area contributed by atoms with E-state index >= 15 is 0 Å². The van der Waals surface area contributed by atoms with Crippen LogP contribution in [0.25, 0.3) is 0 Å². The molecule has 2 N–H and O–H groups in total. The Hall–Kier alpha value is -1.25. The predicted molar refractivity (Wildman–Crippen MR) is 125 cm³/mol. The van der Waals surface area contributed by atoms with Gasteiger partial charge >= 0.3 is 0 Å². The van der Waals surface area contributed by atoms with Gasteiger partial charge in [0.15, 0.2) is 16.6 Å². The van der Waals surface area contributed by atoms with Crippen LogP contribution < -0.4 is 5.32 Å². The summed E-state index contributed by atoms with van der Waals surface area (Å²) in [7, 11) is -2.46. The van der Waals surface area contributed by atoms with Crippen LogP contribution in [0.15, 0.2) is 60.7 Å². The van der Waals surface area contributed by atoms with Crippen molar-refractivity contribution in [3.63, 3.8) is 0 Å². The number of hydrogen-bond acceptors (Lipinski definition) is 3. The normalized spacial score (nSPS) is 17.8. The van der Waals surface area contributed by atoms with Crippen molar-refractivity contribution in [3.05, 3.63) is 71.8 Å². The van der Waals surface area contributed by atoms with Gasteiger partial charge in [0.1, 0.15) is 5.60 Å². The summed E-state index contributed by atoms with van der Waals surface area (Å²) >= 11 is 0. The molecule has 2 aromatic carbocycles. The number of nitrogens with one attached hydrogen (secondary N) is 1. The van der Waals surface area contributed by atoms with Crippen molar-refractivity contribution in [2.45, 2.75) is 63.8 Å². The summed E-state index contributed by atoms with van der Waals surface area (Å²) in [6, 6.07) is 20.0. The maximum absolute atomic E-state index is 11.4. The Morgan fingerprint density at radius 2 is 1.25 bits per heavy atom. The van der Waals surface area contributed by atoms with E-state index < -0.39 is 22.2 Å². The minimum Gasteiger partial charge on any atom is -0.456 e. The third-order valence-corrected chi connectivity index (χ3v) is 9.50. The fourth-order valence-electron chi connectivity index (χ4n) is 3.91. The predicted octanol–water partition coefficient (Wildman–Crippen LogP) is 5.35. The van der Waals surface area contributed by atoms with Crippen molar-refractivity contribution in [2.75, 3.05) is 6.54 Å². The highest BCUT2D eigenvalue weighted by molar-refractivity contribution is 6.83. The molecule has 5 heteroatoms. The summed E-state index contributed by atoms with van der Waals surface area (Å²) in [5.41, 5.74) is 0.972. The van der Waals surface area contributed by atoms with E-state index in [4.69, 9.17) is 4.12 Å². The summed E-state index contributed by atoms with van der Waals surface area (Å²) < 4.78 is 5.90. The Morgan fingerprint density at radius 3 is 1.54 bits per heavy atom. The highest BCUT2D eigenvalue weighted by Crippen LogP contribution is 2.36. The lowest BCUT2D eigenvalue weighted by Crippen LogP contribution is -2.46. The molecule has 0 radical (unpaired) electrons. The highest BCUT2D eigenvalue weighted by atomic mass is 28.4. The molecule has 3 rings (SSSR count). The first kappa shape index (κ1) is 23.0. The first-order valence-electron chi connectivity index (χ1n) is 10.3. The second-order valence-electron chi connectivity index (χ2n) is 9.47. The Labute approximate surface area is 173 Å². The minimum atomic E-state index is -1.23. The van der Waals surface area contributed by atoms with Gasteiger partial charge in [-0.3, -0.25) is 0 Å². The maximum Gasteiger partial charge on any atom is 0.170 e. The molecule has 0 bridgehead atoms. The monoisotopic (exact) mass is 415 g/mol. The molecule has 2 aromatic rings. The van der Waals surface area contributed by atoms with Gasteiger partial charge in [0, 0.05) is 6.04 Å². The zero-order valence-electron chi connectivity index (χ0n) is 18.3. The van der Waals surface area contributed by atoms with E-state index in [2.05, 4.69) is 44.6 Å². The van der Waals surface area contributed by atoms with Crippen molar-refractivity contribution in [2.24, 2.45) is 0 Å². The van der Waals surface area contributed by atoms with Crippen LogP contribution in [0.2, 0.25) is 39.3 Å². The Balaban J connectivity index is 0.000000266.